The lowest BCUT2D eigenvalue weighted by molar-refractivity contribution is -0.128. The van der Waals surface area contributed by atoms with E-state index in [2.05, 4.69) is 26.1 Å². The van der Waals surface area contributed by atoms with E-state index in [0.29, 0.717) is 11.4 Å². The van der Waals surface area contributed by atoms with E-state index in [-0.39, 0.29) is 28.8 Å². The standard InChI is InChI=1S/C27H36N2O4S/c1-27(2,3)20-16-17-24-23(18-20)29(34(31,32)22-14-10-7-11-15-22)19-25(33-24)26(30)28-21-12-8-5-4-6-9-13-21/h7,10-11,14-18,21,25H,4-6,8-9,12-13,19H2,1-3H3,(H,28,30)/t25-/m1/s1. The Balaban J connectivity index is 1.66. The van der Waals surface area contributed by atoms with E-state index < -0.39 is 16.1 Å². The zero-order valence-electron chi connectivity index (χ0n) is 20.4. The summed E-state index contributed by atoms with van der Waals surface area (Å²) in [4.78, 5) is 13.4. The van der Waals surface area contributed by atoms with Crippen molar-refractivity contribution < 1.29 is 17.9 Å². The number of amides is 1. The maximum Gasteiger partial charge on any atom is 0.264 e. The zero-order valence-corrected chi connectivity index (χ0v) is 21.2. The van der Waals surface area contributed by atoms with Gasteiger partial charge in [-0.05, 0) is 48.1 Å². The van der Waals surface area contributed by atoms with Crippen LogP contribution in [0.4, 0.5) is 5.69 Å². The van der Waals surface area contributed by atoms with Crippen molar-refractivity contribution in [2.45, 2.75) is 88.2 Å². The van der Waals surface area contributed by atoms with Crippen LogP contribution in [0.5, 0.6) is 5.75 Å². The van der Waals surface area contributed by atoms with Crippen LogP contribution < -0.4 is 14.4 Å². The number of hydrogen-bond acceptors (Lipinski definition) is 4. The highest BCUT2D eigenvalue weighted by atomic mass is 32.2. The maximum atomic E-state index is 13.7. The maximum absolute atomic E-state index is 13.7. The monoisotopic (exact) mass is 484 g/mol. The fourth-order valence-corrected chi connectivity index (χ4v) is 6.19. The summed E-state index contributed by atoms with van der Waals surface area (Å²) in [5.74, 6) is 0.168. The molecule has 6 nitrogen and oxygen atoms in total. The first-order valence-electron chi connectivity index (χ1n) is 12.4. The lowest BCUT2D eigenvalue weighted by Gasteiger charge is -2.36. The van der Waals surface area contributed by atoms with Crippen LogP contribution in [0.25, 0.3) is 0 Å². The molecule has 0 bridgehead atoms. The SMILES string of the molecule is CC(C)(C)c1ccc2c(c1)N(S(=O)(=O)c1ccccc1)C[C@H](C(=O)NC1CCCCCCC1)O2. The third kappa shape index (κ3) is 5.40. The Morgan fingerprint density at radius 3 is 2.26 bits per heavy atom. The van der Waals surface area contributed by atoms with Gasteiger partial charge < -0.3 is 10.1 Å². The number of fused-ring (bicyclic) bond motifs is 1. The van der Waals surface area contributed by atoms with Crippen molar-refractivity contribution >= 4 is 21.6 Å². The van der Waals surface area contributed by atoms with Crippen LogP contribution in [0.15, 0.2) is 53.4 Å². The highest BCUT2D eigenvalue weighted by molar-refractivity contribution is 7.92. The summed E-state index contributed by atoms with van der Waals surface area (Å²) in [5.41, 5.74) is 1.32. The summed E-state index contributed by atoms with van der Waals surface area (Å²) >= 11 is 0. The number of carbonyl (C=O) groups is 1. The van der Waals surface area contributed by atoms with Crippen LogP contribution in [0.1, 0.15) is 71.3 Å². The molecular weight excluding hydrogens is 448 g/mol. The Morgan fingerprint density at radius 2 is 1.62 bits per heavy atom. The minimum Gasteiger partial charge on any atom is -0.476 e. The van der Waals surface area contributed by atoms with Crippen molar-refractivity contribution in [1.82, 2.24) is 5.32 Å². The molecule has 1 N–H and O–H groups in total. The van der Waals surface area contributed by atoms with Crippen LogP contribution in [-0.2, 0) is 20.2 Å². The average molecular weight is 485 g/mol. The lowest BCUT2D eigenvalue weighted by atomic mass is 9.86. The molecule has 1 aliphatic carbocycles. The molecule has 2 aromatic carbocycles. The van der Waals surface area contributed by atoms with E-state index in [4.69, 9.17) is 4.74 Å². The minimum absolute atomic E-state index is 0.0591. The van der Waals surface area contributed by atoms with Crippen molar-refractivity contribution in [3.63, 3.8) is 0 Å². The fourth-order valence-electron chi connectivity index (χ4n) is 4.70. The zero-order chi connectivity index (χ0) is 24.3. The number of sulfonamides is 1. The summed E-state index contributed by atoms with van der Waals surface area (Å²) in [6, 6.07) is 14.1. The number of carbonyl (C=O) groups excluding carboxylic acids is 1. The van der Waals surface area contributed by atoms with Gasteiger partial charge in [-0.1, -0.05) is 77.1 Å². The molecule has 1 heterocycles. The quantitative estimate of drug-likeness (QED) is 0.650. The predicted molar refractivity (Wildman–Crippen MR) is 135 cm³/mol. The number of anilines is 1. The van der Waals surface area contributed by atoms with E-state index in [0.717, 1.165) is 31.2 Å². The summed E-state index contributed by atoms with van der Waals surface area (Å²) in [6.07, 6.45) is 6.85. The highest BCUT2D eigenvalue weighted by Gasteiger charge is 2.38. The van der Waals surface area contributed by atoms with Gasteiger partial charge in [-0.3, -0.25) is 9.10 Å². The van der Waals surface area contributed by atoms with Crippen molar-refractivity contribution in [3.05, 3.63) is 54.1 Å². The molecule has 0 spiro atoms. The molecule has 1 amide bonds. The largest absolute Gasteiger partial charge is 0.476 e. The van der Waals surface area contributed by atoms with Gasteiger partial charge >= 0.3 is 0 Å². The van der Waals surface area contributed by atoms with Crippen molar-refractivity contribution in [3.8, 4) is 5.75 Å². The number of ether oxygens (including phenoxy) is 1. The Morgan fingerprint density at radius 1 is 0.971 bits per heavy atom. The summed E-state index contributed by atoms with van der Waals surface area (Å²) < 4.78 is 34.8. The van der Waals surface area contributed by atoms with Crippen LogP contribution in [0, 0.1) is 0 Å². The number of nitrogens with one attached hydrogen (secondary N) is 1. The Bertz CT molecular complexity index is 1100. The Kier molecular flexibility index (Phi) is 7.22. The third-order valence-electron chi connectivity index (χ3n) is 6.77. The van der Waals surface area contributed by atoms with Crippen LogP contribution >= 0.6 is 0 Å². The second-order valence-corrected chi connectivity index (χ2v) is 12.3. The topological polar surface area (TPSA) is 75.7 Å². The minimum atomic E-state index is -3.87. The predicted octanol–water partition coefficient (Wildman–Crippen LogP) is 5.17. The van der Waals surface area contributed by atoms with Gasteiger partial charge in [-0.2, -0.15) is 0 Å². The second-order valence-electron chi connectivity index (χ2n) is 10.4. The fraction of sp³-hybridized carbons (Fsp3) is 0.519. The Labute approximate surface area is 203 Å². The highest BCUT2D eigenvalue weighted by Crippen LogP contribution is 2.40. The van der Waals surface area contributed by atoms with E-state index in [9.17, 15) is 13.2 Å². The van der Waals surface area contributed by atoms with E-state index >= 15 is 0 Å². The number of hydrogen-bond donors (Lipinski definition) is 1. The molecule has 4 rings (SSSR count). The van der Waals surface area contributed by atoms with Crippen LogP contribution in [0.3, 0.4) is 0 Å². The van der Waals surface area contributed by atoms with E-state index in [1.54, 1.807) is 36.4 Å². The molecular formula is C27H36N2O4S. The molecule has 1 aliphatic heterocycles. The van der Waals surface area contributed by atoms with Gasteiger partial charge in [0.05, 0.1) is 17.1 Å². The number of benzene rings is 2. The first-order chi connectivity index (χ1) is 16.2. The van der Waals surface area contributed by atoms with E-state index in [1.807, 2.05) is 12.1 Å². The van der Waals surface area contributed by atoms with Gasteiger partial charge in [0.2, 0.25) is 0 Å². The first-order valence-corrected chi connectivity index (χ1v) is 13.8. The summed E-state index contributed by atoms with van der Waals surface area (Å²) in [6.45, 7) is 6.19. The van der Waals surface area contributed by atoms with Gasteiger partial charge in [-0.25, -0.2) is 8.42 Å². The molecule has 184 valence electrons. The molecule has 34 heavy (non-hydrogen) atoms. The lowest BCUT2D eigenvalue weighted by Crippen LogP contribution is -2.52. The molecule has 0 unspecified atom stereocenters. The molecule has 2 aromatic rings. The normalized spacial score (nSPS) is 20.0. The van der Waals surface area contributed by atoms with E-state index in [1.165, 1.54) is 23.6 Å². The first kappa shape index (κ1) is 24.6. The molecule has 7 heteroatoms. The molecule has 1 fully saturated rings. The molecule has 1 saturated carbocycles. The Hall–Kier alpha value is -2.54. The smallest absolute Gasteiger partial charge is 0.264 e. The number of nitrogens with zero attached hydrogens (tertiary/aromatic N) is 1. The average Bonchev–Trinajstić information content (AvgIpc) is 2.79. The second kappa shape index (κ2) is 9.98. The summed E-state index contributed by atoms with van der Waals surface area (Å²) in [5, 5.41) is 3.15. The van der Waals surface area contributed by atoms with Gasteiger partial charge in [0, 0.05) is 6.04 Å². The van der Waals surface area contributed by atoms with Crippen molar-refractivity contribution in [2.24, 2.45) is 0 Å². The molecule has 0 radical (unpaired) electrons. The number of rotatable bonds is 4. The molecule has 1 atom stereocenters. The molecule has 0 saturated heterocycles. The van der Waals surface area contributed by atoms with Gasteiger partial charge in [0.15, 0.2) is 6.10 Å². The van der Waals surface area contributed by atoms with Gasteiger partial charge in [-0.15, -0.1) is 0 Å². The summed E-state index contributed by atoms with van der Waals surface area (Å²) in [7, 11) is -3.87. The van der Waals surface area contributed by atoms with Crippen LogP contribution in [-0.4, -0.2) is 33.0 Å². The van der Waals surface area contributed by atoms with Crippen molar-refractivity contribution in [1.29, 1.82) is 0 Å². The van der Waals surface area contributed by atoms with Crippen LogP contribution in [0.2, 0.25) is 0 Å². The molecule has 0 aromatic heterocycles. The van der Waals surface area contributed by atoms with Gasteiger partial charge in [0.1, 0.15) is 5.75 Å². The van der Waals surface area contributed by atoms with Crippen molar-refractivity contribution in [2.75, 3.05) is 10.8 Å². The molecule has 2 aliphatic rings. The van der Waals surface area contributed by atoms with Gasteiger partial charge in [0.25, 0.3) is 15.9 Å². The third-order valence-corrected chi connectivity index (χ3v) is 8.56.